The molecule has 2 heterocycles. The van der Waals surface area contributed by atoms with E-state index in [-0.39, 0.29) is 26.9 Å². The Balaban J connectivity index is 1.93. The summed E-state index contributed by atoms with van der Waals surface area (Å²) in [6.45, 7) is 1.71. The van der Waals surface area contributed by atoms with Gasteiger partial charge in [-0.2, -0.15) is 0 Å². The zero-order chi connectivity index (χ0) is 22.1. The van der Waals surface area contributed by atoms with Crippen LogP contribution in [0.3, 0.4) is 0 Å². The van der Waals surface area contributed by atoms with Crippen molar-refractivity contribution in [1.82, 2.24) is 19.5 Å². The van der Waals surface area contributed by atoms with Crippen LogP contribution in [-0.2, 0) is 0 Å². The second kappa shape index (κ2) is 8.29. The number of halogens is 2. The van der Waals surface area contributed by atoms with Crippen LogP contribution in [-0.4, -0.2) is 24.4 Å². The number of nitrogens with one attached hydrogen (secondary N) is 1. The molecule has 11 heteroatoms. The summed E-state index contributed by atoms with van der Waals surface area (Å²) in [5, 5.41) is 14.6. The first-order valence-electron chi connectivity index (χ1n) is 9.06. The van der Waals surface area contributed by atoms with Gasteiger partial charge < -0.3 is 5.32 Å². The fourth-order valence-corrected chi connectivity index (χ4v) is 3.67. The zero-order valence-electron chi connectivity index (χ0n) is 16.0. The lowest BCUT2D eigenvalue weighted by atomic mass is 10.2. The van der Waals surface area contributed by atoms with Crippen molar-refractivity contribution in [1.29, 1.82) is 0 Å². The number of para-hydroxylation sites is 1. The lowest BCUT2D eigenvalue weighted by Gasteiger charge is -2.20. The number of nitro groups is 1. The maximum absolute atomic E-state index is 13.4. The number of hydrogen-bond acceptors (Lipinski definition) is 7. The maximum atomic E-state index is 13.4. The Morgan fingerprint density at radius 1 is 1.10 bits per heavy atom. The molecule has 0 aliphatic carbocycles. The Labute approximate surface area is 185 Å². The van der Waals surface area contributed by atoms with Crippen LogP contribution < -0.4 is 10.9 Å². The number of rotatable bonds is 5. The Bertz CT molecular complexity index is 1360. The second-order valence-corrected chi connectivity index (χ2v) is 7.33. The molecule has 0 spiro atoms. The van der Waals surface area contributed by atoms with Crippen molar-refractivity contribution >= 4 is 45.6 Å². The molecule has 1 N–H and O–H groups in total. The van der Waals surface area contributed by atoms with Gasteiger partial charge in [0, 0.05) is 0 Å². The molecule has 2 aromatic carbocycles. The summed E-state index contributed by atoms with van der Waals surface area (Å²) in [6, 6.07) is 13.2. The Morgan fingerprint density at radius 2 is 1.84 bits per heavy atom. The molecule has 0 saturated carbocycles. The van der Waals surface area contributed by atoms with Gasteiger partial charge in [0.25, 0.3) is 5.56 Å². The van der Waals surface area contributed by atoms with Crippen LogP contribution in [0.2, 0.25) is 10.2 Å². The molecule has 2 aromatic heterocycles. The molecule has 4 rings (SSSR count). The topological polar surface area (TPSA) is 116 Å². The third-order valence-electron chi connectivity index (χ3n) is 4.59. The summed E-state index contributed by atoms with van der Waals surface area (Å²) in [5.41, 5.74) is 0.151. The van der Waals surface area contributed by atoms with E-state index in [1.54, 1.807) is 49.4 Å². The normalized spacial score (nSPS) is 12.0. The quantitative estimate of drug-likeness (QED) is 0.265. The van der Waals surface area contributed by atoms with E-state index in [2.05, 4.69) is 20.3 Å². The molecule has 0 aliphatic rings. The van der Waals surface area contributed by atoms with E-state index in [0.717, 1.165) is 6.33 Å². The first-order chi connectivity index (χ1) is 14.9. The van der Waals surface area contributed by atoms with Crippen LogP contribution >= 0.6 is 23.2 Å². The highest BCUT2D eigenvalue weighted by atomic mass is 35.5. The molecule has 1 unspecified atom stereocenters. The number of fused-ring (bicyclic) bond motifs is 1. The van der Waals surface area contributed by atoms with Crippen molar-refractivity contribution < 1.29 is 4.92 Å². The Kier molecular flexibility index (Phi) is 5.53. The van der Waals surface area contributed by atoms with Gasteiger partial charge in [-0.1, -0.05) is 47.5 Å². The maximum Gasteiger partial charge on any atom is 0.348 e. The van der Waals surface area contributed by atoms with Crippen molar-refractivity contribution in [2.24, 2.45) is 0 Å². The summed E-state index contributed by atoms with van der Waals surface area (Å²) in [5.74, 6) is 0.229. The van der Waals surface area contributed by atoms with Gasteiger partial charge in [-0.15, -0.1) is 0 Å². The smallest absolute Gasteiger partial charge is 0.348 e. The average molecular weight is 457 g/mol. The molecular formula is C20H14Cl2N6O3. The van der Waals surface area contributed by atoms with E-state index >= 15 is 0 Å². The zero-order valence-corrected chi connectivity index (χ0v) is 17.5. The minimum absolute atomic E-state index is 0.0856. The van der Waals surface area contributed by atoms with E-state index in [1.807, 2.05) is 6.07 Å². The molecule has 0 amide bonds. The van der Waals surface area contributed by atoms with Crippen molar-refractivity contribution in [3.8, 4) is 5.69 Å². The van der Waals surface area contributed by atoms with Gasteiger partial charge >= 0.3 is 5.69 Å². The summed E-state index contributed by atoms with van der Waals surface area (Å²) in [6.07, 6.45) is 1.11. The van der Waals surface area contributed by atoms with Crippen molar-refractivity contribution in [2.45, 2.75) is 13.0 Å². The highest BCUT2D eigenvalue weighted by Gasteiger charge is 2.25. The predicted octanol–water partition coefficient (Wildman–Crippen LogP) is 4.56. The SMILES string of the molecule is CC(Nc1ncnc(Cl)c1[N+](=O)[O-])c1nc2cccc(Cl)c2c(=O)n1-c1ccccc1. The van der Waals surface area contributed by atoms with Gasteiger partial charge in [0.05, 0.1) is 32.6 Å². The molecule has 0 saturated heterocycles. The fourth-order valence-electron chi connectivity index (χ4n) is 3.22. The van der Waals surface area contributed by atoms with E-state index in [4.69, 9.17) is 23.2 Å². The number of aromatic nitrogens is 4. The van der Waals surface area contributed by atoms with Gasteiger partial charge in [-0.25, -0.2) is 15.0 Å². The van der Waals surface area contributed by atoms with E-state index in [0.29, 0.717) is 17.0 Å². The van der Waals surface area contributed by atoms with Crippen LogP contribution in [0.1, 0.15) is 18.8 Å². The molecule has 0 fully saturated rings. The third kappa shape index (κ3) is 3.80. The Morgan fingerprint density at radius 3 is 2.55 bits per heavy atom. The molecule has 0 bridgehead atoms. The van der Waals surface area contributed by atoms with Crippen LogP contribution in [0.4, 0.5) is 11.5 Å². The molecule has 31 heavy (non-hydrogen) atoms. The van der Waals surface area contributed by atoms with Gasteiger partial charge in [-0.3, -0.25) is 19.5 Å². The number of hydrogen-bond donors (Lipinski definition) is 1. The molecule has 156 valence electrons. The van der Waals surface area contributed by atoms with E-state index in [1.165, 1.54) is 4.57 Å². The van der Waals surface area contributed by atoms with Crippen LogP contribution in [0, 0.1) is 10.1 Å². The van der Waals surface area contributed by atoms with E-state index in [9.17, 15) is 14.9 Å². The fraction of sp³-hybridized carbons (Fsp3) is 0.100. The molecule has 0 aliphatic heterocycles. The lowest BCUT2D eigenvalue weighted by molar-refractivity contribution is -0.384. The molecule has 9 nitrogen and oxygen atoms in total. The monoisotopic (exact) mass is 456 g/mol. The number of nitrogens with zero attached hydrogens (tertiary/aromatic N) is 5. The summed E-state index contributed by atoms with van der Waals surface area (Å²) in [4.78, 5) is 36.4. The first kappa shape index (κ1) is 20.7. The average Bonchev–Trinajstić information content (AvgIpc) is 2.74. The van der Waals surface area contributed by atoms with Gasteiger partial charge in [0.2, 0.25) is 11.0 Å². The largest absolute Gasteiger partial charge is 0.354 e. The summed E-state index contributed by atoms with van der Waals surface area (Å²) < 4.78 is 1.42. The summed E-state index contributed by atoms with van der Waals surface area (Å²) in [7, 11) is 0. The van der Waals surface area contributed by atoms with Crippen molar-refractivity contribution in [2.75, 3.05) is 5.32 Å². The van der Waals surface area contributed by atoms with Crippen LogP contribution in [0.25, 0.3) is 16.6 Å². The highest BCUT2D eigenvalue weighted by Crippen LogP contribution is 2.31. The first-order valence-corrected chi connectivity index (χ1v) is 9.82. The standard InChI is InChI=1S/C20H14Cl2N6O3/c1-11(25-18-16(28(30)31)17(22)23-10-24-18)19-26-14-9-5-8-13(21)15(14)20(29)27(19)12-6-3-2-4-7-12/h2-11H,1H3,(H,23,24,25). The van der Waals surface area contributed by atoms with Gasteiger partial charge in [-0.05, 0) is 31.2 Å². The summed E-state index contributed by atoms with van der Waals surface area (Å²) >= 11 is 12.2. The van der Waals surface area contributed by atoms with Crippen molar-refractivity contribution in [3.63, 3.8) is 0 Å². The lowest BCUT2D eigenvalue weighted by Crippen LogP contribution is -2.27. The predicted molar refractivity (Wildman–Crippen MR) is 118 cm³/mol. The number of benzene rings is 2. The van der Waals surface area contributed by atoms with E-state index < -0.39 is 16.7 Å². The second-order valence-electron chi connectivity index (χ2n) is 6.56. The minimum atomic E-state index is -0.671. The minimum Gasteiger partial charge on any atom is -0.354 e. The highest BCUT2D eigenvalue weighted by molar-refractivity contribution is 6.35. The molecule has 4 aromatic rings. The van der Waals surface area contributed by atoms with Crippen molar-refractivity contribution in [3.05, 3.63) is 91.3 Å². The van der Waals surface area contributed by atoms with Crippen LogP contribution in [0.5, 0.6) is 0 Å². The molecular weight excluding hydrogens is 443 g/mol. The Hall–Kier alpha value is -3.56. The number of anilines is 1. The van der Waals surface area contributed by atoms with Crippen LogP contribution in [0.15, 0.2) is 59.7 Å². The van der Waals surface area contributed by atoms with Gasteiger partial charge in [0.15, 0.2) is 0 Å². The molecule has 0 radical (unpaired) electrons. The molecule has 1 atom stereocenters. The third-order valence-corrected chi connectivity index (χ3v) is 5.18. The van der Waals surface area contributed by atoms with Gasteiger partial charge in [0.1, 0.15) is 12.2 Å².